The highest BCUT2D eigenvalue weighted by molar-refractivity contribution is 6.12. The maximum Gasteiger partial charge on any atom is 0.254 e. The fourth-order valence-electron chi connectivity index (χ4n) is 3.60. The summed E-state index contributed by atoms with van der Waals surface area (Å²) in [4.78, 5) is 55.4. The quantitative estimate of drug-likeness (QED) is 0.0333. The minimum atomic E-state index is -0.341. The standard InChI is InChI=1S/C30H53N9O6/c1-31-7-12-38(13-9-36-25-28(24-34-4)30(43)37-11-20-44-18-5-17-40)16-21-45-19-6-29(42)39(14-8-32-2)15-10-35-23-27(26-41)22-33-3/h17,22-25,31-32,41H,3-16,18-21,26H2,1-2H3,(H,37,43)/b27-22+,28-24+,35-23?,36-25?. The molecule has 0 aliphatic rings. The summed E-state index contributed by atoms with van der Waals surface area (Å²) in [6.45, 7) is 13.7. The predicted octanol–water partition coefficient (Wildman–Crippen LogP) is -1.01. The molecule has 0 fully saturated rings. The maximum absolute atomic E-state index is 12.8. The molecule has 2 amide bonds. The lowest BCUT2D eigenvalue weighted by Crippen LogP contribution is -2.38. The summed E-state index contributed by atoms with van der Waals surface area (Å²) in [6, 6.07) is 0. The van der Waals surface area contributed by atoms with Gasteiger partial charge in [-0.3, -0.25) is 34.5 Å². The van der Waals surface area contributed by atoms with Crippen molar-refractivity contribution in [3.8, 4) is 0 Å². The summed E-state index contributed by atoms with van der Waals surface area (Å²) in [5.74, 6) is -0.355. The third-order valence-electron chi connectivity index (χ3n) is 6.05. The summed E-state index contributed by atoms with van der Waals surface area (Å²) >= 11 is 0. The molecule has 0 saturated heterocycles. The number of amides is 2. The fraction of sp³-hybridized carbons (Fsp3) is 0.633. The first-order chi connectivity index (χ1) is 22.0. The van der Waals surface area contributed by atoms with Crippen molar-refractivity contribution in [2.24, 2.45) is 20.0 Å². The monoisotopic (exact) mass is 635 g/mol. The van der Waals surface area contributed by atoms with E-state index in [4.69, 9.17) is 9.47 Å². The van der Waals surface area contributed by atoms with E-state index in [1.807, 2.05) is 14.1 Å². The Bertz CT molecular complexity index is 956. The molecule has 0 rings (SSSR count). The highest BCUT2D eigenvalue weighted by Gasteiger charge is 2.13. The number of hydrogen-bond acceptors (Lipinski definition) is 13. The van der Waals surface area contributed by atoms with Gasteiger partial charge in [0.2, 0.25) is 5.91 Å². The van der Waals surface area contributed by atoms with E-state index in [9.17, 15) is 19.5 Å². The van der Waals surface area contributed by atoms with Gasteiger partial charge in [0.25, 0.3) is 5.91 Å². The lowest BCUT2D eigenvalue weighted by molar-refractivity contribution is -0.132. The van der Waals surface area contributed by atoms with Gasteiger partial charge >= 0.3 is 0 Å². The van der Waals surface area contributed by atoms with Crippen molar-refractivity contribution in [1.82, 2.24) is 25.8 Å². The Morgan fingerprint density at radius 2 is 1.51 bits per heavy atom. The largest absolute Gasteiger partial charge is 0.392 e. The van der Waals surface area contributed by atoms with Gasteiger partial charge in [0.1, 0.15) is 6.29 Å². The molecule has 0 aromatic carbocycles. The number of nitrogens with zero attached hydrogens (tertiary/aromatic N) is 6. The van der Waals surface area contributed by atoms with E-state index in [0.717, 1.165) is 19.4 Å². The second-order valence-electron chi connectivity index (χ2n) is 9.50. The summed E-state index contributed by atoms with van der Waals surface area (Å²) in [5.41, 5.74) is 0.822. The average Bonchev–Trinajstić information content (AvgIpc) is 3.04. The van der Waals surface area contributed by atoms with E-state index < -0.39 is 0 Å². The van der Waals surface area contributed by atoms with E-state index in [-0.39, 0.29) is 30.4 Å². The topological polar surface area (TPSA) is 182 Å². The number of aliphatic hydroxyl groups excluding tert-OH is 1. The Labute approximate surface area is 267 Å². The number of nitrogens with one attached hydrogen (secondary N) is 3. The minimum Gasteiger partial charge on any atom is -0.392 e. The summed E-state index contributed by atoms with van der Waals surface area (Å²) in [6.07, 6.45) is 7.15. The number of aliphatic imine (C=N–C) groups is 4. The van der Waals surface area contributed by atoms with Crippen LogP contribution in [0.2, 0.25) is 0 Å². The van der Waals surface area contributed by atoms with Gasteiger partial charge in [-0.15, -0.1) is 0 Å². The van der Waals surface area contributed by atoms with Crippen LogP contribution in [0.5, 0.6) is 0 Å². The van der Waals surface area contributed by atoms with Crippen LogP contribution in [-0.4, -0.2) is 171 Å². The van der Waals surface area contributed by atoms with Gasteiger partial charge in [-0.2, -0.15) is 0 Å². The van der Waals surface area contributed by atoms with E-state index >= 15 is 0 Å². The van der Waals surface area contributed by atoms with Gasteiger partial charge < -0.3 is 40.2 Å². The lowest BCUT2D eigenvalue weighted by Gasteiger charge is -2.23. The third kappa shape index (κ3) is 23.6. The van der Waals surface area contributed by atoms with Gasteiger partial charge in [-0.25, -0.2) is 0 Å². The maximum atomic E-state index is 12.8. The van der Waals surface area contributed by atoms with Gasteiger partial charge in [0.15, 0.2) is 0 Å². The average molecular weight is 636 g/mol. The molecule has 15 nitrogen and oxygen atoms in total. The third-order valence-corrected chi connectivity index (χ3v) is 6.05. The molecule has 0 bridgehead atoms. The molecule has 4 N–H and O–H groups in total. The van der Waals surface area contributed by atoms with Crippen molar-refractivity contribution in [3.63, 3.8) is 0 Å². The first-order valence-electron chi connectivity index (χ1n) is 15.0. The SMILES string of the molecule is C=N/C=C(\C=NCCN(CCNC)C(=O)CCOCCN(CCN=C/C(=C\N=C)C(=O)NCCOCCC=O)CCNC)CO. The number of carbonyl (C=O) groups is 3. The van der Waals surface area contributed by atoms with Crippen molar-refractivity contribution >= 4 is 44.0 Å². The molecular weight excluding hydrogens is 582 g/mol. The summed E-state index contributed by atoms with van der Waals surface area (Å²) < 4.78 is 11.0. The smallest absolute Gasteiger partial charge is 0.254 e. The Hall–Kier alpha value is -3.47. The minimum absolute atomic E-state index is 0.0140. The number of carbonyl (C=O) groups excluding carboxylic acids is 3. The van der Waals surface area contributed by atoms with Crippen LogP contribution in [-0.2, 0) is 23.9 Å². The van der Waals surface area contributed by atoms with Gasteiger partial charge in [0.05, 0.1) is 58.1 Å². The predicted molar refractivity (Wildman–Crippen MR) is 180 cm³/mol. The number of rotatable bonds is 30. The van der Waals surface area contributed by atoms with E-state index in [1.165, 1.54) is 24.8 Å². The van der Waals surface area contributed by atoms with Crippen molar-refractivity contribution in [2.45, 2.75) is 12.8 Å². The second kappa shape index (κ2) is 30.6. The number of aliphatic hydroxyl groups is 1. The Kier molecular flexibility index (Phi) is 28.2. The van der Waals surface area contributed by atoms with Crippen LogP contribution in [0, 0.1) is 0 Å². The van der Waals surface area contributed by atoms with Crippen molar-refractivity contribution in [3.05, 3.63) is 23.5 Å². The van der Waals surface area contributed by atoms with Crippen LogP contribution < -0.4 is 16.0 Å². The first-order valence-corrected chi connectivity index (χ1v) is 15.0. The molecule has 254 valence electrons. The van der Waals surface area contributed by atoms with Crippen molar-refractivity contribution < 1.29 is 29.0 Å². The number of hydrogen-bond donors (Lipinski definition) is 4. The molecule has 0 aromatic heterocycles. The molecule has 0 aliphatic heterocycles. The number of aldehydes is 1. The highest BCUT2D eigenvalue weighted by atomic mass is 16.5. The van der Waals surface area contributed by atoms with Crippen LogP contribution in [0.3, 0.4) is 0 Å². The molecule has 0 spiro atoms. The van der Waals surface area contributed by atoms with Gasteiger partial charge in [-0.05, 0) is 27.5 Å². The molecule has 0 atom stereocenters. The molecule has 0 aliphatic carbocycles. The summed E-state index contributed by atoms with van der Waals surface area (Å²) in [7, 11) is 3.72. The number of likely N-dealkylation sites (N-methyl/N-ethyl adjacent to an activating group) is 2. The molecule has 15 heteroatoms. The normalized spacial score (nSPS) is 12.3. The van der Waals surface area contributed by atoms with Crippen molar-refractivity contribution in [1.29, 1.82) is 0 Å². The van der Waals surface area contributed by atoms with Crippen LogP contribution in [0.1, 0.15) is 12.8 Å². The van der Waals surface area contributed by atoms with Crippen LogP contribution in [0.15, 0.2) is 43.5 Å². The van der Waals surface area contributed by atoms with E-state index in [1.54, 1.807) is 4.90 Å². The lowest BCUT2D eigenvalue weighted by atomic mass is 10.3. The second-order valence-corrected chi connectivity index (χ2v) is 9.50. The molecule has 45 heavy (non-hydrogen) atoms. The zero-order valence-electron chi connectivity index (χ0n) is 27.0. The van der Waals surface area contributed by atoms with Crippen LogP contribution >= 0.6 is 0 Å². The summed E-state index contributed by atoms with van der Waals surface area (Å²) in [5, 5.41) is 18.2. The Balaban J connectivity index is 4.66. The van der Waals surface area contributed by atoms with Gasteiger partial charge in [-0.1, -0.05) is 0 Å². The molecule has 0 saturated carbocycles. The van der Waals surface area contributed by atoms with E-state index in [0.29, 0.717) is 90.8 Å². The fourth-order valence-corrected chi connectivity index (χ4v) is 3.60. The first kappa shape index (κ1) is 41.5. The molecule has 0 unspecified atom stereocenters. The Morgan fingerprint density at radius 3 is 2.20 bits per heavy atom. The van der Waals surface area contributed by atoms with Gasteiger partial charge in [0, 0.05) is 89.2 Å². The Morgan fingerprint density at radius 1 is 0.822 bits per heavy atom. The zero-order chi connectivity index (χ0) is 33.4. The zero-order valence-corrected chi connectivity index (χ0v) is 27.0. The van der Waals surface area contributed by atoms with E-state index in [2.05, 4.69) is 54.3 Å². The van der Waals surface area contributed by atoms with Crippen molar-refractivity contribution in [2.75, 3.05) is 113 Å². The molecule has 0 radical (unpaired) electrons. The molecule has 0 heterocycles. The number of ether oxygens (including phenoxy) is 2. The highest BCUT2D eigenvalue weighted by Crippen LogP contribution is 1.98. The van der Waals surface area contributed by atoms with Crippen LogP contribution in [0.4, 0.5) is 0 Å². The van der Waals surface area contributed by atoms with Crippen LogP contribution in [0.25, 0.3) is 0 Å². The molecule has 0 aromatic rings. The molecular formula is C30H53N9O6.